The molecule has 2 heterocycles. The first-order chi connectivity index (χ1) is 16.2. The zero-order valence-corrected chi connectivity index (χ0v) is 19.7. The minimum absolute atomic E-state index is 0.0772. The Morgan fingerprint density at radius 2 is 1.64 bits per heavy atom. The minimum Gasteiger partial charge on any atom is -0.342 e. The summed E-state index contributed by atoms with van der Waals surface area (Å²) in [6, 6.07) is 24.0. The first-order valence-electron chi connectivity index (χ1n) is 11.1. The maximum absolute atomic E-state index is 13.5. The molecule has 0 N–H and O–H groups in total. The number of rotatable bonds is 9. The van der Waals surface area contributed by atoms with Gasteiger partial charge < -0.3 is 4.90 Å². The highest BCUT2D eigenvalue weighted by Crippen LogP contribution is 2.37. The molecule has 0 aliphatic rings. The van der Waals surface area contributed by atoms with Crippen LogP contribution in [0.25, 0.3) is 11.4 Å². The van der Waals surface area contributed by atoms with Gasteiger partial charge in [0.25, 0.3) is 0 Å². The molecule has 0 saturated heterocycles. The highest BCUT2D eigenvalue weighted by atomic mass is 32.2. The van der Waals surface area contributed by atoms with E-state index in [1.807, 2.05) is 79.4 Å². The molecule has 2 aromatic heterocycles. The number of carbonyl (C=O) groups excluding carboxylic acids is 1. The van der Waals surface area contributed by atoms with E-state index in [1.165, 1.54) is 11.8 Å². The number of thioether (sulfide) groups is 1. The van der Waals surface area contributed by atoms with E-state index in [0.29, 0.717) is 24.8 Å². The Hall–Kier alpha value is -3.45. The van der Waals surface area contributed by atoms with Gasteiger partial charge in [0.15, 0.2) is 11.0 Å². The van der Waals surface area contributed by atoms with Crippen LogP contribution in [0.2, 0.25) is 0 Å². The lowest BCUT2D eigenvalue weighted by atomic mass is 10.1. The normalized spacial score (nSPS) is 11.8. The first kappa shape index (κ1) is 22.7. The molecule has 4 rings (SSSR count). The molecule has 4 aromatic rings. The summed E-state index contributed by atoms with van der Waals surface area (Å²) in [5.74, 6) is 0.810. The van der Waals surface area contributed by atoms with Gasteiger partial charge in [0.2, 0.25) is 5.91 Å². The summed E-state index contributed by atoms with van der Waals surface area (Å²) in [7, 11) is 0. The summed E-state index contributed by atoms with van der Waals surface area (Å²) in [6.07, 6.45) is 3.53. The smallest absolute Gasteiger partial charge is 0.240 e. The summed E-state index contributed by atoms with van der Waals surface area (Å²) in [4.78, 5) is 19.6. The molecule has 0 aliphatic heterocycles. The molecule has 0 bridgehead atoms. The van der Waals surface area contributed by atoms with Crippen molar-refractivity contribution in [2.45, 2.75) is 30.8 Å². The second kappa shape index (κ2) is 10.9. The fourth-order valence-electron chi connectivity index (χ4n) is 3.69. The van der Waals surface area contributed by atoms with E-state index in [2.05, 4.69) is 31.9 Å². The van der Waals surface area contributed by atoms with Crippen molar-refractivity contribution in [2.75, 3.05) is 13.1 Å². The Balaban J connectivity index is 1.76. The van der Waals surface area contributed by atoms with Gasteiger partial charge in [-0.2, -0.15) is 0 Å². The number of nitrogens with zero attached hydrogens (tertiary/aromatic N) is 5. The lowest BCUT2D eigenvalue weighted by Gasteiger charge is -2.25. The number of hydrogen-bond acceptors (Lipinski definition) is 5. The Bertz CT molecular complexity index is 1160. The van der Waals surface area contributed by atoms with Crippen molar-refractivity contribution in [1.82, 2.24) is 24.6 Å². The van der Waals surface area contributed by atoms with Crippen LogP contribution in [0.4, 0.5) is 0 Å². The van der Waals surface area contributed by atoms with Crippen LogP contribution in [-0.2, 0) is 11.3 Å². The largest absolute Gasteiger partial charge is 0.342 e. The summed E-state index contributed by atoms with van der Waals surface area (Å²) in [5, 5.41) is 9.32. The monoisotopic (exact) mass is 457 g/mol. The molecule has 0 spiro atoms. The Morgan fingerprint density at radius 3 is 2.27 bits per heavy atom. The summed E-state index contributed by atoms with van der Waals surface area (Å²) < 4.78 is 2.07. The lowest BCUT2D eigenvalue weighted by molar-refractivity contribution is -0.130. The quantitative estimate of drug-likeness (QED) is 0.328. The van der Waals surface area contributed by atoms with Crippen LogP contribution in [0.3, 0.4) is 0 Å². The zero-order valence-electron chi connectivity index (χ0n) is 18.8. The molecule has 2 aromatic carbocycles. The fourth-order valence-corrected chi connectivity index (χ4v) is 4.81. The Labute approximate surface area is 198 Å². The van der Waals surface area contributed by atoms with Gasteiger partial charge in [0, 0.05) is 31.0 Å². The maximum Gasteiger partial charge on any atom is 0.240 e. The molecule has 0 saturated carbocycles. The van der Waals surface area contributed by atoms with Crippen LogP contribution < -0.4 is 0 Å². The molecular formula is C26H27N5OS. The van der Waals surface area contributed by atoms with Crippen molar-refractivity contribution in [3.05, 3.63) is 96.3 Å². The van der Waals surface area contributed by atoms with Gasteiger partial charge >= 0.3 is 0 Å². The molecule has 168 valence electrons. The third-order valence-electron chi connectivity index (χ3n) is 5.45. The predicted molar refractivity (Wildman–Crippen MR) is 132 cm³/mol. The van der Waals surface area contributed by atoms with Crippen molar-refractivity contribution >= 4 is 17.7 Å². The zero-order chi connectivity index (χ0) is 23.0. The van der Waals surface area contributed by atoms with E-state index in [1.54, 1.807) is 12.4 Å². The van der Waals surface area contributed by atoms with Crippen molar-refractivity contribution in [3.63, 3.8) is 0 Å². The molecular weight excluding hydrogens is 430 g/mol. The second-order valence-corrected chi connectivity index (χ2v) is 8.61. The van der Waals surface area contributed by atoms with Gasteiger partial charge in [-0.15, -0.1) is 10.2 Å². The van der Waals surface area contributed by atoms with Gasteiger partial charge in [0.05, 0.1) is 6.54 Å². The molecule has 0 aliphatic carbocycles. The third kappa shape index (κ3) is 5.31. The summed E-state index contributed by atoms with van der Waals surface area (Å²) >= 11 is 1.45. The van der Waals surface area contributed by atoms with Crippen LogP contribution in [0, 0.1) is 0 Å². The van der Waals surface area contributed by atoms with Gasteiger partial charge in [-0.1, -0.05) is 72.4 Å². The van der Waals surface area contributed by atoms with E-state index in [-0.39, 0.29) is 5.91 Å². The van der Waals surface area contributed by atoms with Gasteiger partial charge in [0.1, 0.15) is 5.25 Å². The molecule has 1 atom stereocenters. The average Bonchev–Trinajstić information content (AvgIpc) is 3.26. The number of likely N-dealkylation sites (N-methyl/N-ethyl adjacent to an activating group) is 1. The van der Waals surface area contributed by atoms with E-state index in [9.17, 15) is 4.79 Å². The number of carbonyl (C=O) groups is 1. The van der Waals surface area contributed by atoms with E-state index in [0.717, 1.165) is 22.5 Å². The van der Waals surface area contributed by atoms with Gasteiger partial charge in [-0.3, -0.25) is 14.3 Å². The Morgan fingerprint density at radius 1 is 0.939 bits per heavy atom. The lowest BCUT2D eigenvalue weighted by Crippen LogP contribution is -2.34. The molecule has 0 fully saturated rings. The van der Waals surface area contributed by atoms with E-state index in [4.69, 9.17) is 0 Å². The molecule has 0 radical (unpaired) electrons. The molecule has 0 unspecified atom stereocenters. The minimum atomic E-state index is -0.411. The van der Waals surface area contributed by atoms with Crippen LogP contribution in [0.15, 0.2) is 90.3 Å². The molecule has 1 amide bonds. The van der Waals surface area contributed by atoms with Crippen LogP contribution in [-0.4, -0.2) is 43.6 Å². The maximum atomic E-state index is 13.5. The average molecular weight is 458 g/mol. The van der Waals surface area contributed by atoms with Gasteiger partial charge in [-0.05, 0) is 37.1 Å². The highest BCUT2D eigenvalue weighted by molar-refractivity contribution is 8.00. The third-order valence-corrected chi connectivity index (χ3v) is 6.67. The van der Waals surface area contributed by atoms with Crippen molar-refractivity contribution in [1.29, 1.82) is 0 Å². The summed E-state index contributed by atoms with van der Waals surface area (Å²) in [5.41, 5.74) is 2.98. The second-order valence-electron chi connectivity index (χ2n) is 7.54. The summed E-state index contributed by atoms with van der Waals surface area (Å²) in [6.45, 7) is 5.94. The van der Waals surface area contributed by atoms with Crippen molar-refractivity contribution in [3.8, 4) is 11.4 Å². The topological polar surface area (TPSA) is 63.9 Å². The van der Waals surface area contributed by atoms with Gasteiger partial charge in [-0.25, -0.2) is 0 Å². The van der Waals surface area contributed by atoms with Crippen LogP contribution in [0.5, 0.6) is 0 Å². The predicted octanol–water partition coefficient (Wildman–Crippen LogP) is 5.09. The first-order valence-corrected chi connectivity index (χ1v) is 12.0. The van der Waals surface area contributed by atoms with Crippen molar-refractivity contribution < 1.29 is 4.79 Å². The number of aromatic nitrogens is 4. The highest BCUT2D eigenvalue weighted by Gasteiger charge is 2.28. The van der Waals surface area contributed by atoms with Crippen molar-refractivity contribution in [2.24, 2.45) is 0 Å². The standard InChI is InChI=1S/C26H27N5OS/c1-3-30(4-2)25(32)23(21-14-9-6-10-15-21)33-26-29-28-24(22-16-11-17-27-18-22)31(26)19-20-12-7-5-8-13-20/h5-18,23H,3-4,19H2,1-2H3/t23-/m1/s1. The Kier molecular flexibility index (Phi) is 7.52. The number of hydrogen-bond donors (Lipinski definition) is 0. The molecule has 7 heteroatoms. The van der Waals surface area contributed by atoms with Crippen LogP contribution in [0.1, 0.15) is 30.2 Å². The number of benzene rings is 2. The number of pyridine rings is 1. The molecule has 6 nitrogen and oxygen atoms in total. The SMILES string of the molecule is CCN(CC)C(=O)[C@H](Sc1nnc(-c2cccnc2)n1Cc1ccccc1)c1ccccc1. The van der Waals surface area contributed by atoms with E-state index >= 15 is 0 Å². The van der Waals surface area contributed by atoms with E-state index < -0.39 is 5.25 Å². The number of amides is 1. The fraction of sp³-hybridized carbons (Fsp3) is 0.231. The molecule has 33 heavy (non-hydrogen) atoms. The van der Waals surface area contributed by atoms with Crippen LogP contribution >= 0.6 is 11.8 Å².